The first kappa shape index (κ1) is 20.3. The lowest BCUT2D eigenvalue weighted by molar-refractivity contribution is 0.102. The van der Waals surface area contributed by atoms with Crippen LogP contribution in [-0.4, -0.2) is 65.2 Å². The van der Waals surface area contributed by atoms with Gasteiger partial charge in [0.1, 0.15) is 5.69 Å². The van der Waals surface area contributed by atoms with Crippen molar-refractivity contribution in [1.82, 2.24) is 39.6 Å². The first-order chi connectivity index (χ1) is 15.6. The Morgan fingerprint density at radius 2 is 2.03 bits per heavy atom. The zero-order chi connectivity index (χ0) is 22.1. The Morgan fingerprint density at radius 3 is 2.78 bits per heavy atom. The number of rotatable bonds is 5. The predicted octanol–water partition coefficient (Wildman–Crippen LogP) is 2.53. The Kier molecular flexibility index (Phi) is 5.36. The van der Waals surface area contributed by atoms with Gasteiger partial charge in [0.2, 0.25) is 5.95 Å². The molecule has 1 aliphatic rings. The number of benzene rings is 1. The second-order valence-corrected chi connectivity index (χ2v) is 8.07. The zero-order valence-corrected chi connectivity index (χ0v) is 18.1. The number of hydrogen-bond donors (Lipinski definition) is 1. The number of likely N-dealkylation sites (tertiary alicyclic amines) is 1. The summed E-state index contributed by atoms with van der Waals surface area (Å²) in [6.45, 7) is 5.38. The van der Waals surface area contributed by atoms with Crippen molar-refractivity contribution in [2.45, 2.75) is 25.8 Å². The molecule has 3 aromatic heterocycles. The topological polar surface area (TPSA) is 107 Å². The highest BCUT2D eigenvalue weighted by molar-refractivity contribution is 6.03. The summed E-state index contributed by atoms with van der Waals surface area (Å²) in [6.07, 6.45) is 9.04. The number of nitrogens with one attached hydrogen (secondary N) is 1. The average Bonchev–Trinajstić information content (AvgIpc) is 3.48. The fraction of sp³-hybridized carbons (Fsp3) is 0.364. The molecule has 1 fully saturated rings. The van der Waals surface area contributed by atoms with Gasteiger partial charge in [-0.2, -0.15) is 5.10 Å². The summed E-state index contributed by atoms with van der Waals surface area (Å²) in [6, 6.07) is 6.12. The number of amides is 1. The lowest BCUT2D eigenvalue weighted by atomic mass is 10.1. The number of aromatic nitrogens is 7. The summed E-state index contributed by atoms with van der Waals surface area (Å²) < 4.78 is 3.56. The number of carbonyl (C=O) groups is 1. The average molecular weight is 432 g/mol. The number of aryl methyl sites for hydroxylation is 1. The normalized spacial score (nSPS) is 15.3. The smallest absolute Gasteiger partial charge is 0.261 e. The zero-order valence-electron chi connectivity index (χ0n) is 18.1. The molecular weight excluding hydrogens is 406 g/mol. The van der Waals surface area contributed by atoms with Crippen molar-refractivity contribution in [2.75, 3.05) is 25.0 Å². The van der Waals surface area contributed by atoms with Crippen LogP contribution in [0.3, 0.4) is 0 Å². The minimum atomic E-state index is -0.272. The molecule has 4 heterocycles. The van der Waals surface area contributed by atoms with Gasteiger partial charge in [-0.25, -0.2) is 9.97 Å². The summed E-state index contributed by atoms with van der Waals surface area (Å²) in [5, 5.41) is 16.2. The quantitative estimate of drug-likeness (QED) is 0.517. The lowest BCUT2D eigenvalue weighted by Gasteiger charge is -2.31. The number of nitrogens with zero attached hydrogens (tertiary/aromatic N) is 8. The maximum absolute atomic E-state index is 12.8. The molecule has 0 saturated carbocycles. The van der Waals surface area contributed by atoms with E-state index in [1.807, 2.05) is 42.3 Å². The maximum Gasteiger partial charge on any atom is 0.261 e. The molecule has 164 valence electrons. The van der Waals surface area contributed by atoms with Crippen LogP contribution in [0.15, 0.2) is 43.0 Å². The van der Waals surface area contributed by atoms with Crippen LogP contribution in [-0.2, 0) is 7.05 Å². The molecule has 1 aromatic carbocycles. The predicted molar refractivity (Wildman–Crippen MR) is 120 cm³/mol. The van der Waals surface area contributed by atoms with Gasteiger partial charge in [-0.1, -0.05) is 24.3 Å². The standard InChI is InChI=1S/C22H25N9O/c1-3-30-8-6-18(7-9-30)31-13-17(12-24-31)21(32)26-22-23-11-16-5-4-15(10-19(16)25-22)20-14-29(2)28-27-20/h4-5,10-14,18H,3,6-9H2,1-2H3,(H,23,25,26,32). The van der Waals surface area contributed by atoms with Crippen LogP contribution >= 0.6 is 0 Å². The minimum Gasteiger partial charge on any atom is -0.303 e. The summed E-state index contributed by atoms with van der Waals surface area (Å²) in [5.41, 5.74) is 2.88. The second kappa shape index (κ2) is 8.46. The second-order valence-electron chi connectivity index (χ2n) is 8.07. The van der Waals surface area contributed by atoms with Crippen LogP contribution in [0, 0.1) is 0 Å². The van der Waals surface area contributed by atoms with Gasteiger partial charge in [0.15, 0.2) is 0 Å². The van der Waals surface area contributed by atoms with E-state index in [0.29, 0.717) is 11.6 Å². The molecule has 0 unspecified atom stereocenters. The molecule has 0 spiro atoms. The van der Waals surface area contributed by atoms with Gasteiger partial charge in [-0.15, -0.1) is 5.10 Å². The molecule has 1 aliphatic heterocycles. The van der Waals surface area contributed by atoms with E-state index in [4.69, 9.17) is 0 Å². The third kappa shape index (κ3) is 4.09. The molecule has 10 heteroatoms. The number of piperidine rings is 1. The summed E-state index contributed by atoms with van der Waals surface area (Å²) in [5.74, 6) is -0.0190. The van der Waals surface area contributed by atoms with Gasteiger partial charge in [0.05, 0.1) is 29.5 Å². The number of hydrogen-bond acceptors (Lipinski definition) is 7. The summed E-state index contributed by atoms with van der Waals surface area (Å²) in [7, 11) is 1.82. The lowest BCUT2D eigenvalue weighted by Crippen LogP contribution is -2.34. The van der Waals surface area contributed by atoms with Crippen molar-refractivity contribution in [2.24, 2.45) is 7.05 Å². The maximum atomic E-state index is 12.8. The van der Waals surface area contributed by atoms with Crippen LogP contribution in [0.1, 0.15) is 36.2 Å². The fourth-order valence-electron chi connectivity index (χ4n) is 4.05. The highest BCUT2D eigenvalue weighted by Gasteiger charge is 2.21. The van der Waals surface area contributed by atoms with Gasteiger partial charge >= 0.3 is 0 Å². The van der Waals surface area contributed by atoms with E-state index < -0.39 is 0 Å². The molecule has 1 N–H and O–H groups in total. The first-order valence-corrected chi connectivity index (χ1v) is 10.8. The molecular formula is C22H25N9O. The largest absolute Gasteiger partial charge is 0.303 e. The Bertz CT molecular complexity index is 1250. The molecule has 0 atom stereocenters. The van der Waals surface area contributed by atoms with Crippen molar-refractivity contribution in [3.8, 4) is 11.3 Å². The SMILES string of the molecule is CCN1CCC(n2cc(C(=O)Nc3ncc4ccc(-c5cn(C)nn5)cc4n3)cn2)CC1. The Morgan fingerprint density at radius 1 is 1.19 bits per heavy atom. The van der Waals surface area contributed by atoms with Gasteiger partial charge in [0.25, 0.3) is 5.91 Å². The van der Waals surface area contributed by atoms with Crippen LogP contribution in [0.4, 0.5) is 5.95 Å². The van der Waals surface area contributed by atoms with E-state index in [-0.39, 0.29) is 11.9 Å². The minimum absolute atomic E-state index is 0.253. The van der Waals surface area contributed by atoms with E-state index in [9.17, 15) is 4.79 Å². The molecule has 1 amide bonds. The molecule has 10 nitrogen and oxygen atoms in total. The molecule has 1 saturated heterocycles. The number of carbonyl (C=O) groups excluding carboxylic acids is 1. The molecule has 0 bridgehead atoms. The van der Waals surface area contributed by atoms with E-state index in [1.165, 1.54) is 0 Å². The van der Waals surface area contributed by atoms with Gasteiger partial charge < -0.3 is 4.90 Å². The Hall–Kier alpha value is -3.66. The van der Waals surface area contributed by atoms with E-state index in [1.54, 1.807) is 17.1 Å². The van der Waals surface area contributed by atoms with Gasteiger partial charge in [0, 0.05) is 43.5 Å². The third-order valence-corrected chi connectivity index (χ3v) is 5.95. The summed E-state index contributed by atoms with van der Waals surface area (Å²) >= 11 is 0. The Labute approximate surface area is 185 Å². The van der Waals surface area contributed by atoms with Crippen LogP contribution in [0.2, 0.25) is 0 Å². The van der Waals surface area contributed by atoms with Crippen LogP contribution < -0.4 is 5.32 Å². The van der Waals surface area contributed by atoms with Crippen molar-refractivity contribution in [3.05, 3.63) is 48.5 Å². The first-order valence-electron chi connectivity index (χ1n) is 10.8. The van der Waals surface area contributed by atoms with E-state index in [0.717, 1.165) is 54.6 Å². The number of fused-ring (bicyclic) bond motifs is 1. The van der Waals surface area contributed by atoms with Gasteiger partial charge in [-0.3, -0.25) is 19.5 Å². The monoisotopic (exact) mass is 431 g/mol. The van der Waals surface area contributed by atoms with Crippen LogP contribution in [0.25, 0.3) is 22.2 Å². The van der Waals surface area contributed by atoms with Crippen molar-refractivity contribution < 1.29 is 4.79 Å². The van der Waals surface area contributed by atoms with Crippen molar-refractivity contribution >= 4 is 22.8 Å². The highest BCUT2D eigenvalue weighted by Crippen LogP contribution is 2.23. The number of anilines is 1. The van der Waals surface area contributed by atoms with Crippen molar-refractivity contribution in [3.63, 3.8) is 0 Å². The highest BCUT2D eigenvalue weighted by atomic mass is 16.1. The van der Waals surface area contributed by atoms with E-state index in [2.05, 4.69) is 42.5 Å². The molecule has 0 radical (unpaired) electrons. The molecule has 32 heavy (non-hydrogen) atoms. The Balaban J connectivity index is 1.31. The van der Waals surface area contributed by atoms with Crippen molar-refractivity contribution in [1.29, 1.82) is 0 Å². The fourth-order valence-corrected chi connectivity index (χ4v) is 4.05. The van der Waals surface area contributed by atoms with Crippen LogP contribution in [0.5, 0.6) is 0 Å². The molecule has 0 aliphatic carbocycles. The molecule has 4 aromatic rings. The van der Waals surface area contributed by atoms with E-state index >= 15 is 0 Å². The third-order valence-electron chi connectivity index (χ3n) is 5.95. The summed E-state index contributed by atoms with van der Waals surface area (Å²) in [4.78, 5) is 24.0. The molecule has 5 rings (SSSR count). The van der Waals surface area contributed by atoms with Gasteiger partial charge in [-0.05, 0) is 25.5 Å².